The monoisotopic (exact) mass is 171 g/mol. The number of halogens is 1. The molecule has 12 heavy (non-hydrogen) atoms. The van der Waals surface area contributed by atoms with Crippen LogP contribution < -0.4 is 4.74 Å². The highest BCUT2D eigenvalue weighted by molar-refractivity contribution is 5.17. The minimum Gasteiger partial charge on any atom is -0.491 e. The van der Waals surface area contributed by atoms with E-state index >= 15 is 0 Å². The molecule has 0 atom stereocenters. The summed E-state index contributed by atoms with van der Waals surface area (Å²) in [5, 5.41) is 0. The van der Waals surface area contributed by atoms with Gasteiger partial charge in [-0.2, -0.15) is 4.39 Å². The molecule has 0 fully saturated rings. The van der Waals surface area contributed by atoms with Crippen LogP contribution in [0.3, 0.4) is 0 Å². The van der Waals surface area contributed by atoms with Crippen molar-refractivity contribution in [1.29, 1.82) is 0 Å². The van der Waals surface area contributed by atoms with Gasteiger partial charge in [0.05, 0.1) is 6.61 Å². The van der Waals surface area contributed by atoms with Crippen molar-refractivity contribution in [2.75, 3.05) is 20.3 Å². The van der Waals surface area contributed by atoms with E-state index in [2.05, 4.69) is 4.98 Å². The minimum absolute atomic E-state index is 0.417. The van der Waals surface area contributed by atoms with Gasteiger partial charge in [-0.3, -0.25) is 0 Å². The Morgan fingerprint density at radius 3 is 3.00 bits per heavy atom. The van der Waals surface area contributed by atoms with Crippen molar-refractivity contribution < 1.29 is 13.9 Å². The molecule has 0 aliphatic carbocycles. The van der Waals surface area contributed by atoms with Crippen molar-refractivity contribution in [2.24, 2.45) is 0 Å². The van der Waals surface area contributed by atoms with Gasteiger partial charge in [0.2, 0.25) is 5.95 Å². The summed E-state index contributed by atoms with van der Waals surface area (Å²) in [5.74, 6) is -0.0653. The van der Waals surface area contributed by atoms with Crippen molar-refractivity contribution in [1.82, 2.24) is 4.98 Å². The van der Waals surface area contributed by atoms with Crippen LogP contribution in [0.15, 0.2) is 18.3 Å². The molecule has 1 aromatic rings. The summed E-state index contributed by atoms with van der Waals surface area (Å²) in [4.78, 5) is 3.39. The van der Waals surface area contributed by atoms with E-state index < -0.39 is 5.95 Å². The van der Waals surface area contributed by atoms with Crippen molar-refractivity contribution >= 4 is 0 Å². The normalized spacial score (nSPS) is 9.83. The van der Waals surface area contributed by atoms with Gasteiger partial charge in [0, 0.05) is 19.4 Å². The summed E-state index contributed by atoms with van der Waals surface area (Å²) in [6.07, 6.45) is 1.36. The average molecular weight is 171 g/mol. The Bertz CT molecular complexity index is 242. The highest BCUT2D eigenvalue weighted by atomic mass is 19.1. The lowest BCUT2D eigenvalue weighted by Gasteiger charge is -2.03. The van der Waals surface area contributed by atoms with Crippen LogP contribution in [0, 0.1) is 5.95 Å². The maximum Gasteiger partial charge on any atom is 0.216 e. The molecular formula is C8H10FNO2. The van der Waals surface area contributed by atoms with E-state index in [1.807, 2.05) is 0 Å². The van der Waals surface area contributed by atoms with Gasteiger partial charge < -0.3 is 9.47 Å². The lowest BCUT2D eigenvalue weighted by atomic mass is 10.4. The summed E-state index contributed by atoms with van der Waals surface area (Å²) in [7, 11) is 1.58. The Hall–Kier alpha value is -1.16. The van der Waals surface area contributed by atoms with Gasteiger partial charge in [-0.25, -0.2) is 4.98 Å². The van der Waals surface area contributed by atoms with E-state index in [-0.39, 0.29) is 0 Å². The predicted octanol–water partition coefficient (Wildman–Crippen LogP) is 1.25. The Morgan fingerprint density at radius 2 is 2.33 bits per heavy atom. The van der Waals surface area contributed by atoms with Crippen molar-refractivity contribution in [3.63, 3.8) is 0 Å². The van der Waals surface area contributed by atoms with Gasteiger partial charge in [-0.15, -0.1) is 0 Å². The third kappa shape index (κ3) is 2.84. The van der Waals surface area contributed by atoms with Crippen LogP contribution in [0.2, 0.25) is 0 Å². The number of rotatable bonds is 4. The zero-order valence-electron chi connectivity index (χ0n) is 6.79. The quantitative estimate of drug-likeness (QED) is 0.504. The number of ether oxygens (including phenoxy) is 2. The Morgan fingerprint density at radius 1 is 1.50 bits per heavy atom. The first-order chi connectivity index (χ1) is 5.83. The fourth-order valence-corrected chi connectivity index (χ4v) is 0.717. The molecule has 0 bridgehead atoms. The van der Waals surface area contributed by atoms with Gasteiger partial charge in [-0.05, 0) is 6.07 Å². The third-order valence-electron chi connectivity index (χ3n) is 1.25. The Balaban J connectivity index is 2.41. The first-order valence-corrected chi connectivity index (χ1v) is 3.56. The molecule has 1 aromatic heterocycles. The lowest BCUT2D eigenvalue weighted by molar-refractivity contribution is 0.146. The Kier molecular flexibility index (Phi) is 3.47. The second-order valence-electron chi connectivity index (χ2n) is 2.16. The molecule has 0 aromatic carbocycles. The zero-order chi connectivity index (χ0) is 8.81. The summed E-state index contributed by atoms with van der Waals surface area (Å²) >= 11 is 0. The molecule has 0 N–H and O–H groups in total. The van der Waals surface area contributed by atoms with E-state index in [4.69, 9.17) is 9.47 Å². The van der Waals surface area contributed by atoms with Crippen LogP contribution in [0.5, 0.6) is 5.75 Å². The molecule has 0 aliphatic rings. The second kappa shape index (κ2) is 4.66. The van der Waals surface area contributed by atoms with Crippen molar-refractivity contribution in [3.8, 4) is 5.75 Å². The number of hydrogen-bond acceptors (Lipinski definition) is 3. The largest absolute Gasteiger partial charge is 0.491 e. The van der Waals surface area contributed by atoms with E-state index in [0.717, 1.165) is 0 Å². The molecular weight excluding hydrogens is 161 g/mol. The Labute approximate surface area is 70.1 Å². The molecule has 0 aliphatic heterocycles. The molecule has 1 heterocycles. The fourth-order valence-electron chi connectivity index (χ4n) is 0.717. The van der Waals surface area contributed by atoms with E-state index in [9.17, 15) is 4.39 Å². The molecule has 0 amide bonds. The third-order valence-corrected chi connectivity index (χ3v) is 1.25. The smallest absolute Gasteiger partial charge is 0.216 e. The SMILES string of the molecule is COCCOc1ccnc(F)c1. The van der Waals surface area contributed by atoms with Crippen LogP contribution in [0.1, 0.15) is 0 Å². The maximum atomic E-state index is 12.5. The molecule has 3 nitrogen and oxygen atoms in total. The molecule has 0 spiro atoms. The molecule has 1 rings (SSSR count). The van der Waals surface area contributed by atoms with Crippen LogP contribution in [-0.2, 0) is 4.74 Å². The van der Waals surface area contributed by atoms with E-state index in [1.165, 1.54) is 12.3 Å². The number of pyridine rings is 1. The first-order valence-electron chi connectivity index (χ1n) is 3.56. The van der Waals surface area contributed by atoms with Crippen molar-refractivity contribution in [3.05, 3.63) is 24.3 Å². The highest BCUT2D eigenvalue weighted by Gasteiger charge is 1.95. The number of aromatic nitrogens is 1. The maximum absolute atomic E-state index is 12.5. The van der Waals surface area contributed by atoms with Crippen LogP contribution in [0.25, 0.3) is 0 Å². The fraction of sp³-hybridized carbons (Fsp3) is 0.375. The number of nitrogens with zero attached hydrogens (tertiary/aromatic N) is 1. The standard InChI is InChI=1S/C8H10FNO2/c1-11-4-5-12-7-2-3-10-8(9)6-7/h2-3,6H,4-5H2,1H3. The lowest BCUT2D eigenvalue weighted by Crippen LogP contribution is -2.04. The summed E-state index contributed by atoms with van der Waals surface area (Å²) in [5.41, 5.74) is 0. The molecule has 4 heteroatoms. The van der Waals surface area contributed by atoms with Gasteiger partial charge >= 0.3 is 0 Å². The summed E-state index contributed by atoms with van der Waals surface area (Å²) in [6, 6.07) is 2.83. The van der Waals surface area contributed by atoms with E-state index in [0.29, 0.717) is 19.0 Å². The van der Waals surface area contributed by atoms with Gasteiger partial charge in [0.1, 0.15) is 12.4 Å². The van der Waals surface area contributed by atoms with Gasteiger partial charge in [0.25, 0.3) is 0 Å². The van der Waals surface area contributed by atoms with Crippen LogP contribution in [-0.4, -0.2) is 25.3 Å². The van der Waals surface area contributed by atoms with Crippen LogP contribution in [0.4, 0.5) is 4.39 Å². The number of hydrogen-bond donors (Lipinski definition) is 0. The summed E-state index contributed by atoms with van der Waals surface area (Å²) < 4.78 is 22.3. The molecule has 0 radical (unpaired) electrons. The number of methoxy groups -OCH3 is 1. The van der Waals surface area contributed by atoms with Gasteiger partial charge in [0.15, 0.2) is 0 Å². The van der Waals surface area contributed by atoms with Gasteiger partial charge in [-0.1, -0.05) is 0 Å². The second-order valence-corrected chi connectivity index (χ2v) is 2.16. The molecule has 0 unspecified atom stereocenters. The minimum atomic E-state index is -0.537. The highest BCUT2D eigenvalue weighted by Crippen LogP contribution is 2.08. The molecule has 66 valence electrons. The molecule has 0 saturated heterocycles. The van der Waals surface area contributed by atoms with Crippen LogP contribution >= 0.6 is 0 Å². The zero-order valence-corrected chi connectivity index (χ0v) is 6.79. The van der Waals surface area contributed by atoms with E-state index in [1.54, 1.807) is 13.2 Å². The van der Waals surface area contributed by atoms with Crippen molar-refractivity contribution in [2.45, 2.75) is 0 Å². The predicted molar refractivity (Wildman–Crippen MR) is 41.6 cm³/mol. The first kappa shape index (κ1) is 8.93. The molecule has 0 saturated carbocycles. The summed E-state index contributed by atoms with van der Waals surface area (Å²) in [6.45, 7) is 0.907. The average Bonchev–Trinajstić information content (AvgIpc) is 2.05. The topological polar surface area (TPSA) is 31.4 Å².